The summed E-state index contributed by atoms with van der Waals surface area (Å²) in [4.78, 5) is 31.5. The highest BCUT2D eigenvalue weighted by Crippen LogP contribution is 2.16. The molecule has 3 aromatic rings. The van der Waals surface area contributed by atoms with E-state index in [9.17, 15) is 9.59 Å². The van der Waals surface area contributed by atoms with Crippen LogP contribution in [-0.2, 0) is 17.6 Å². The minimum atomic E-state index is -0.0600. The Labute approximate surface area is 164 Å². The summed E-state index contributed by atoms with van der Waals surface area (Å²) in [6, 6.07) is 13.4. The highest BCUT2D eigenvalue weighted by Gasteiger charge is 2.09. The fourth-order valence-electron chi connectivity index (χ4n) is 2.93. The normalized spacial score (nSPS) is 10.8. The van der Waals surface area contributed by atoms with E-state index in [1.807, 2.05) is 50.2 Å². The topological polar surface area (TPSA) is 86.9 Å². The molecule has 3 N–H and O–H groups in total. The number of H-pyrrole nitrogens is 1. The van der Waals surface area contributed by atoms with Gasteiger partial charge in [-0.3, -0.25) is 9.59 Å². The van der Waals surface area contributed by atoms with Gasteiger partial charge in [0.1, 0.15) is 5.82 Å². The maximum Gasteiger partial charge on any atom is 0.251 e. The van der Waals surface area contributed by atoms with Crippen molar-refractivity contribution < 1.29 is 9.59 Å². The molecule has 6 nitrogen and oxygen atoms in total. The predicted molar refractivity (Wildman–Crippen MR) is 111 cm³/mol. The van der Waals surface area contributed by atoms with Gasteiger partial charge >= 0.3 is 0 Å². The minimum Gasteiger partial charge on any atom is -0.352 e. The lowest BCUT2D eigenvalue weighted by atomic mass is 10.1. The summed E-state index contributed by atoms with van der Waals surface area (Å²) >= 11 is 0. The molecule has 0 spiro atoms. The first-order chi connectivity index (χ1) is 13.6. The van der Waals surface area contributed by atoms with Crippen LogP contribution in [0.15, 0.2) is 42.5 Å². The summed E-state index contributed by atoms with van der Waals surface area (Å²) in [6.45, 7) is 4.53. The zero-order valence-electron chi connectivity index (χ0n) is 16.3. The van der Waals surface area contributed by atoms with Gasteiger partial charge in [0, 0.05) is 30.6 Å². The number of aryl methyl sites for hydroxylation is 2. The number of aromatic amines is 1. The smallest absolute Gasteiger partial charge is 0.251 e. The summed E-state index contributed by atoms with van der Waals surface area (Å²) in [7, 11) is 0. The third-order valence-corrected chi connectivity index (χ3v) is 4.54. The zero-order chi connectivity index (χ0) is 19.9. The van der Waals surface area contributed by atoms with Crippen LogP contribution in [-0.4, -0.2) is 28.3 Å². The van der Waals surface area contributed by atoms with Crippen LogP contribution in [0.25, 0.3) is 11.0 Å². The van der Waals surface area contributed by atoms with Crippen LogP contribution in [0.3, 0.4) is 0 Å². The maximum atomic E-state index is 12.1. The van der Waals surface area contributed by atoms with Crippen molar-refractivity contribution in [2.45, 2.75) is 39.5 Å². The first kappa shape index (κ1) is 19.6. The van der Waals surface area contributed by atoms with Gasteiger partial charge < -0.3 is 15.6 Å². The number of fused-ring (bicyclic) bond motifs is 1. The fourth-order valence-corrected chi connectivity index (χ4v) is 2.93. The molecule has 146 valence electrons. The van der Waals surface area contributed by atoms with Gasteiger partial charge in [-0.05, 0) is 48.7 Å². The van der Waals surface area contributed by atoms with Crippen LogP contribution in [0, 0.1) is 0 Å². The van der Waals surface area contributed by atoms with E-state index in [1.54, 1.807) is 6.07 Å². The van der Waals surface area contributed by atoms with Crippen LogP contribution >= 0.6 is 0 Å². The second-order valence-electron chi connectivity index (χ2n) is 6.77. The van der Waals surface area contributed by atoms with Crippen LogP contribution in [0.1, 0.15) is 48.4 Å². The number of carbonyl (C=O) groups is 2. The first-order valence-electron chi connectivity index (χ1n) is 9.74. The van der Waals surface area contributed by atoms with Gasteiger partial charge in [0.15, 0.2) is 0 Å². The monoisotopic (exact) mass is 378 g/mol. The molecule has 0 bridgehead atoms. The Morgan fingerprint density at radius 2 is 1.82 bits per heavy atom. The molecular weight excluding hydrogens is 352 g/mol. The number of imidazole rings is 1. The van der Waals surface area contributed by atoms with Crippen LogP contribution < -0.4 is 10.6 Å². The van der Waals surface area contributed by atoms with Gasteiger partial charge in [0.25, 0.3) is 5.91 Å². The lowest BCUT2D eigenvalue weighted by molar-refractivity contribution is -0.115. The Morgan fingerprint density at radius 3 is 2.54 bits per heavy atom. The molecule has 0 unspecified atom stereocenters. The van der Waals surface area contributed by atoms with Crippen molar-refractivity contribution in [2.75, 3.05) is 11.9 Å². The zero-order valence-corrected chi connectivity index (χ0v) is 16.3. The fraction of sp³-hybridized carbons (Fsp3) is 0.318. The molecule has 1 aromatic heterocycles. The molecule has 0 saturated heterocycles. The Bertz CT molecular complexity index is 960. The highest BCUT2D eigenvalue weighted by molar-refractivity contribution is 5.97. The number of nitrogens with one attached hydrogen (secondary N) is 3. The molecular formula is C22H26N4O2. The van der Waals surface area contributed by atoms with E-state index in [4.69, 9.17) is 0 Å². The molecule has 0 radical (unpaired) electrons. The molecule has 28 heavy (non-hydrogen) atoms. The van der Waals surface area contributed by atoms with E-state index in [2.05, 4.69) is 20.6 Å². The Kier molecular flexibility index (Phi) is 6.42. The number of hydrogen-bond acceptors (Lipinski definition) is 3. The third kappa shape index (κ3) is 4.97. The van der Waals surface area contributed by atoms with E-state index in [0.717, 1.165) is 41.8 Å². The molecule has 1 heterocycles. The van der Waals surface area contributed by atoms with E-state index >= 15 is 0 Å². The quantitative estimate of drug-likeness (QED) is 0.557. The van der Waals surface area contributed by atoms with Crippen LogP contribution in [0.2, 0.25) is 0 Å². The maximum absolute atomic E-state index is 12.1. The third-order valence-electron chi connectivity index (χ3n) is 4.54. The predicted octanol–water partition coefficient (Wildman–Crippen LogP) is 3.84. The van der Waals surface area contributed by atoms with Gasteiger partial charge in [-0.25, -0.2) is 4.98 Å². The van der Waals surface area contributed by atoms with E-state index in [-0.39, 0.29) is 11.8 Å². The standard InChI is InChI=1S/C22H26N4O2/c1-3-13-23-22(28)16-8-11-18-19(14-16)26-20(25-18)12-7-15-5-9-17(10-6-15)24-21(27)4-2/h5-6,8-11,14H,3-4,7,12-13H2,1-2H3,(H,23,28)(H,24,27)(H,25,26). The largest absolute Gasteiger partial charge is 0.352 e. The van der Waals surface area contributed by atoms with Crippen molar-refractivity contribution in [3.05, 3.63) is 59.4 Å². The first-order valence-corrected chi connectivity index (χ1v) is 9.74. The van der Waals surface area contributed by atoms with Crippen molar-refractivity contribution in [3.8, 4) is 0 Å². The molecule has 2 amide bonds. The minimum absolute atomic E-state index is 0.0118. The van der Waals surface area contributed by atoms with E-state index in [0.29, 0.717) is 18.5 Å². The van der Waals surface area contributed by atoms with Crippen molar-refractivity contribution in [1.29, 1.82) is 0 Å². The van der Waals surface area contributed by atoms with Gasteiger partial charge in [-0.15, -0.1) is 0 Å². The Balaban J connectivity index is 1.63. The number of carbonyl (C=O) groups excluding carboxylic acids is 2. The number of benzene rings is 2. The summed E-state index contributed by atoms with van der Waals surface area (Å²) in [6.07, 6.45) is 2.99. The molecule has 0 aliphatic heterocycles. The molecule has 0 aliphatic rings. The number of anilines is 1. The van der Waals surface area contributed by atoms with Crippen LogP contribution in [0.5, 0.6) is 0 Å². The van der Waals surface area contributed by atoms with Gasteiger partial charge in [-0.2, -0.15) is 0 Å². The van der Waals surface area contributed by atoms with E-state index in [1.165, 1.54) is 5.56 Å². The molecule has 0 atom stereocenters. The van der Waals surface area contributed by atoms with E-state index < -0.39 is 0 Å². The second kappa shape index (κ2) is 9.17. The number of nitrogens with zero attached hydrogens (tertiary/aromatic N) is 1. The van der Waals surface area contributed by atoms with Gasteiger partial charge in [0.05, 0.1) is 11.0 Å². The number of hydrogen-bond donors (Lipinski definition) is 3. The lowest BCUT2D eigenvalue weighted by Crippen LogP contribution is -2.23. The van der Waals surface area contributed by atoms with Crippen molar-refractivity contribution >= 4 is 28.5 Å². The van der Waals surface area contributed by atoms with Gasteiger partial charge in [-0.1, -0.05) is 26.0 Å². The average Bonchev–Trinajstić information content (AvgIpc) is 3.13. The summed E-state index contributed by atoms with van der Waals surface area (Å²) in [5.41, 5.74) is 4.36. The molecule has 0 saturated carbocycles. The molecule has 2 aromatic carbocycles. The molecule has 6 heteroatoms. The van der Waals surface area contributed by atoms with Gasteiger partial charge in [0.2, 0.25) is 5.91 Å². The number of rotatable bonds is 8. The molecule has 3 rings (SSSR count). The summed E-state index contributed by atoms with van der Waals surface area (Å²) in [5, 5.41) is 5.73. The summed E-state index contributed by atoms with van der Waals surface area (Å²) < 4.78 is 0. The average molecular weight is 378 g/mol. The summed E-state index contributed by atoms with van der Waals surface area (Å²) in [5.74, 6) is 0.845. The SMILES string of the molecule is CCCNC(=O)c1ccc2nc(CCc3ccc(NC(=O)CC)cc3)[nH]c2c1. The Hall–Kier alpha value is -3.15. The number of aromatic nitrogens is 2. The van der Waals surface area contributed by atoms with Crippen molar-refractivity contribution in [3.63, 3.8) is 0 Å². The molecule has 0 fully saturated rings. The lowest BCUT2D eigenvalue weighted by Gasteiger charge is -2.05. The highest BCUT2D eigenvalue weighted by atomic mass is 16.2. The van der Waals surface area contributed by atoms with Crippen molar-refractivity contribution in [2.24, 2.45) is 0 Å². The van der Waals surface area contributed by atoms with Crippen molar-refractivity contribution in [1.82, 2.24) is 15.3 Å². The Morgan fingerprint density at radius 1 is 1.04 bits per heavy atom. The second-order valence-corrected chi connectivity index (χ2v) is 6.77. The molecule has 0 aliphatic carbocycles. The number of amides is 2. The van der Waals surface area contributed by atoms with Crippen LogP contribution in [0.4, 0.5) is 5.69 Å².